The molecule has 1 aromatic carbocycles. The van der Waals surface area contributed by atoms with E-state index in [0.29, 0.717) is 17.7 Å². The molecule has 1 aliphatic heterocycles. The van der Waals surface area contributed by atoms with E-state index < -0.39 is 0 Å². The lowest BCUT2D eigenvalue weighted by Gasteiger charge is -2.29. The van der Waals surface area contributed by atoms with Gasteiger partial charge in [-0.05, 0) is 24.8 Å². The average Bonchev–Trinajstić information content (AvgIpc) is 3.14. The van der Waals surface area contributed by atoms with E-state index in [1.807, 2.05) is 10.6 Å². The molecule has 3 aromatic rings. The van der Waals surface area contributed by atoms with Crippen molar-refractivity contribution in [3.63, 3.8) is 0 Å². The van der Waals surface area contributed by atoms with E-state index in [-0.39, 0.29) is 11.2 Å². The van der Waals surface area contributed by atoms with Crippen LogP contribution in [-0.4, -0.2) is 31.8 Å². The van der Waals surface area contributed by atoms with Crippen LogP contribution in [0.25, 0.3) is 11.2 Å². The summed E-state index contributed by atoms with van der Waals surface area (Å²) in [4.78, 5) is 32.9. The standard InChI is InChI=1S/C22H29N5O2/c1-3-4-8-14-27-20(28)18-19(24(2)22(27)29)23-21-25(13-9-15-26(18)21)16-12-17-10-6-5-7-11-17/h5-7,10-11H,3-4,8-9,12-16H2,1-2H3. The van der Waals surface area contributed by atoms with Gasteiger partial charge in [-0.2, -0.15) is 4.98 Å². The van der Waals surface area contributed by atoms with Crippen molar-refractivity contribution in [2.75, 3.05) is 18.0 Å². The summed E-state index contributed by atoms with van der Waals surface area (Å²) < 4.78 is 4.93. The molecule has 0 saturated heterocycles. The number of aryl methyl sites for hydroxylation is 2. The summed E-state index contributed by atoms with van der Waals surface area (Å²) in [6.45, 7) is 5.09. The molecule has 0 amide bonds. The van der Waals surface area contributed by atoms with E-state index >= 15 is 0 Å². The summed E-state index contributed by atoms with van der Waals surface area (Å²) in [7, 11) is 1.72. The van der Waals surface area contributed by atoms with Gasteiger partial charge in [0.15, 0.2) is 11.2 Å². The lowest BCUT2D eigenvalue weighted by atomic mass is 10.1. The lowest BCUT2D eigenvalue weighted by Crippen LogP contribution is -2.40. The highest BCUT2D eigenvalue weighted by Gasteiger charge is 2.25. The number of nitrogens with zero attached hydrogens (tertiary/aromatic N) is 5. The average molecular weight is 396 g/mol. The second-order valence-corrected chi connectivity index (χ2v) is 7.82. The number of benzene rings is 1. The van der Waals surface area contributed by atoms with Crippen LogP contribution in [0.15, 0.2) is 39.9 Å². The van der Waals surface area contributed by atoms with Crippen LogP contribution < -0.4 is 16.1 Å². The Labute approximate surface area is 170 Å². The van der Waals surface area contributed by atoms with Crippen LogP contribution in [-0.2, 0) is 26.6 Å². The van der Waals surface area contributed by atoms with Crippen molar-refractivity contribution in [1.82, 2.24) is 18.7 Å². The Kier molecular flexibility index (Phi) is 5.56. The van der Waals surface area contributed by atoms with Crippen molar-refractivity contribution in [3.05, 3.63) is 56.7 Å². The number of imidazole rings is 1. The van der Waals surface area contributed by atoms with Crippen LogP contribution in [0.4, 0.5) is 5.95 Å². The molecule has 0 aliphatic carbocycles. The third-order valence-corrected chi connectivity index (χ3v) is 5.80. The van der Waals surface area contributed by atoms with Crippen molar-refractivity contribution >= 4 is 17.1 Å². The minimum absolute atomic E-state index is 0.206. The van der Waals surface area contributed by atoms with Gasteiger partial charge in [0.2, 0.25) is 5.95 Å². The molecule has 0 N–H and O–H groups in total. The zero-order valence-corrected chi connectivity index (χ0v) is 17.3. The largest absolute Gasteiger partial charge is 0.342 e. The number of rotatable bonds is 7. The van der Waals surface area contributed by atoms with E-state index in [1.54, 1.807) is 7.05 Å². The smallest absolute Gasteiger partial charge is 0.332 e. The number of hydrogen-bond donors (Lipinski definition) is 0. The Balaban J connectivity index is 1.72. The molecule has 0 atom stereocenters. The van der Waals surface area contributed by atoms with E-state index in [1.165, 1.54) is 14.7 Å². The molecule has 7 nitrogen and oxygen atoms in total. The molecule has 0 fully saturated rings. The molecule has 7 heteroatoms. The molecular weight excluding hydrogens is 366 g/mol. The SMILES string of the molecule is CCCCCn1c(=O)c2c(nc3n2CCCN3CCc2ccccc2)n(C)c1=O. The fourth-order valence-electron chi connectivity index (χ4n) is 4.17. The van der Waals surface area contributed by atoms with Gasteiger partial charge in [-0.1, -0.05) is 50.1 Å². The van der Waals surface area contributed by atoms with Crippen LogP contribution in [0.1, 0.15) is 38.2 Å². The van der Waals surface area contributed by atoms with E-state index in [4.69, 9.17) is 4.98 Å². The van der Waals surface area contributed by atoms with Crippen LogP contribution in [0.2, 0.25) is 0 Å². The first-order valence-corrected chi connectivity index (χ1v) is 10.6. The summed E-state index contributed by atoms with van der Waals surface area (Å²) in [6.07, 6.45) is 4.78. The summed E-state index contributed by atoms with van der Waals surface area (Å²) in [6, 6.07) is 10.4. The van der Waals surface area contributed by atoms with Gasteiger partial charge in [-0.3, -0.25) is 13.9 Å². The van der Waals surface area contributed by atoms with Crippen molar-refractivity contribution in [3.8, 4) is 0 Å². The minimum atomic E-state index is -0.273. The summed E-state index contributed by atoms with van der Waals surface area (Å²) in [5, 5.41) is 0. The van der Waals surface area contributed by atoms with Gasteiger partial charge in [0.05, 0.1) is 0 Å². The highest BCUT2D eigenvalue weighted by molar-refractivity contribution is 5.74. The summed E-state index contributed by atoms with van der Waals surface area (Å²) in [5.41, 5.74) is 1.86. The molecular formula is C22H29N5O2. The zero-order chi connectivity index (χ0) is 20.4. The van der Waals surface area contributed by atoms with E-state index in [9.17, 15) is 9.59 Å². The molecule has 4 rings (SSSR count). The summed E-state index contributed by atoms with van der Waals surface area (Å²) in [5.74, 6) is 0.806. The first-order chi connectivity index (χ1) is 14.1. The second kappa shape index (κ2) is 8.27. The third-order valence-electron chi connectivity index (χ3n) is 5.80. The first kappa shape index (κ1) is 19.5. The van der Waals surface area contributed by atoms with Gasteiger partial charge in [-0.25, -0.2) is 4.79 Å². The highest BCUT2D eigenvalue weighted by Crippen LogP contribution is 2.24. The Bertz CT molecular complexity index is 1110. The van der Waals surface area contributed by atoms with Gasteiger partial charge >= 0.3 is 5.69 Å². The second-order valence-electron chi connectivity index (χ2n) is 7.82. The number of unbranched alkanes of at least 4 members (excludes halogenated alkanes) is 2. The van der Waals surface area contributed by atoms with Gasteiger partial charge in [0, 0.05) is 33.2 Å². The monoisotopic (exact) mass is 395 g/mol. The Morgan fingerprint density at radius 1 is 1.03 bits per heavy atom. The first-order valence-electron chi connectivity index (χ1n) is 10.6. The van der Waals surface area contributed by atoms with Crippen molar-refractivity contribution in [2.24, 2.45) is 7.05 Å². The number of anilines is 1. The molecule has 0 unspecified atom stereocenters. The topological polar surface area (TPSA) is 65.1 Å². The molecule has 0 bridgehead atoms. The zero-order valence-electron chi connectivity index (χ0n) is 17.3. The molecule has 0 spiro atoms. The van der Waals surface area contributed by atoms with Gasteiger partial charge in [-0.15, -0.1) is 0 Å². The molecule has 0 saturated carbocycles. The van der Waals surface area contributed by atoms with Gasteiger partial charge in [0.1, 0.15) is 0 Å². The van der Waals surface area contributed by atoms with E-state index in [0.717, 1.165) is 57.7 Å². The number of aromatic nitrogens is 4. The lowest BCUT2D eigenvalue weighted by molar-refractivity contribution is 0.542. The van der Waals surface area contributed by atoms with Gasteiger partial charge < -0.3 is 9.47 Å². The van der Waals surface area contributed by atoms with Crippen molar-refractivity contribution in [2.45, 2.75) is 52.1 Å². The van der Waals surface area contributed by atoms with Crippen LogP contribution in [0, 0.1) is 0 Å². The summed E-state index contributed by atoms with van der Waals surface area (Å²) >= 11 is 0. The molecule has 1 aliphatic rings. The quantitative estimate of drug-likeness (QED) is 0.577. The maximum Gasteiger partial charge on any atom is 0.332 e. The predicted molar refractivity (Wildman–Crippen MR) is 116 cm³/mol. The van der Waals surface area contributed by atoms with E-state index in [2.05, 4.69) is 36.1 Å². The van der Waals surface area contributed by atoms with Crippen LogP contribution in [0.3, 0.4) is 0 Å². The molecule has 0 radical (unpaired) electrons. The Hall–Kier alpha value is -2.83. The van der Waals surface area contributed by atoms with Crippen molar-refractivity contribution < 1.29 is 0 Å². The number of fused-ring (bicyclic) bond motifs is 3. The number of hydrogen-bond acceptors (Lipinski definition) is 4. The third kappa shape index (κ3) is 3.61. The fourth-order valence-corrected chi connectivity index (χ4v) is 4.17. The Morgan fingerprint density at radius 3 is 2.59 bits per heavy atom. The molecule has 3 heterocycles. The minimum Gasteiger partial charge on any atom is -0.342 e. The fraction of sp³-hybridized carbons (Fsp3) is 0.500. The highest BCUT2D eigenvalue weighted by atomic mass is 16.2. The maximum atomic E-state index is 13.2. The molecule has 2 aromatic heterocycles. The van der Waals surface area contributed by atoms with Crippen LogP contribution >= 0.6 is 0 Å². The Morgan fingerprint density at radius 2 is 1.83 bits per heavy atom. The van der Waals surface area contributed by atoms with Crippen LogP contribution in [0.5, 0.6) is 0 Å². The normalized spacial score (nSPS) is 13.8. The van der Waals surface area contributed by atoms with Crippen molar-refractivity contribution in [1.29, 1.82) is 0 Å². The molecule has 29 heavy (non-hydrogen) atoms. The van der Waals surface area contributed by atoms with Gasteiger partial charge in [0.25, 0.3) is 5.56 Å². The molecule has 154 valence electrons. The maximum absolute atomic E-state index is 13.2. The predicted octanol–water partition coefficient (Wildman–Crippen LogP) is 2.54.